The minimum absolute atomic E-state index is 0.0230. The first kappa shape index (κ1) is 25.3. The molecule has 4 rings (SSSR count). The minimum Gasteiger partial charge on any atom is -0.480 e. The van der Waals surface area contributed by atoms with Gasteiger partial charge in [-0.1, -0.05) is 30.3 Å². The van der Waals surface area contributed by atoms with E-state index < -0.39 is 23.0 Å². The molecule has 2 heterocycles. The van der Waals surface area contributed by atoms with Gasteiger partial charge in [-0.25, -0.2) is 4.98 Å². The lowest BCUT2D eigenvalue weighted by molar-refractivity contribution is -0.152. The van der Waals surface area contributed by atoms with Crippen LogP contribution in [0, 0.1) is 5.41 Å². The van der Waals surface area contributed by atoms with Crippen molar-refractivity contribution in [3.8, 4) is 0 Å². The number of nitrogens with zero attached hydrogens (tertiary/aromatic N) is 3. The number of amidine groups is 1. The van der Waals surface area contributed by atoms with Gasteiger partial charge in [0.05, 0.1) is 22.5 Å². The number of amides is 1. The summed E-state index contributed by atoms with van der Waals surface area (Å²) in [6.07, 6.45) is 1.76. The van der Waals surface area contributed by atoms with Crippen molar-refractivity contribution in [1.82, 2.24) is 14.5 Å². The van der Waals surface area contributed by atoms with E-state index in [1.54, 1.807) is 36.1 Å². The number of carboxylic acids is 1. The summed E-state index contributed by atoms with van der Waals surface area (Å²) in [5, 5.41) is 17.6. The summed E-state index contributed by atoms with van der Waals surface area (Å²) < 4.78 is 1.88. The molecule has 0 radical (unpaired) electrons. The van der Waals surface area contributed by atoms with Crippen LogP contribution in [0.2, 0.25) is 0 Å². The van der Waals surface area contributed by atoms with Gasteiger partial charge in [0.25, 0.3) is 0 Å². The smallest absolute Gasteiger partial charge is 0.324 e. The minimum atomic E-state index is -1.85. The molecule has 0 saturated carbocycles. The van der Waals surface area contributed by atoms with E-state index in [0.717, 1.165) is 23.9 Å². The number of aryl methyl sites for hydroxylation is 1. The van der Waals surface area contributed by atoms with Crippen LogP contribution in [-0.2, 0) is 22.1 Å². The van der Waals surface area contributed by atoms with E-state index in [1.165, 1.54) is 6.92 Å². The number of rotatable bonds is 7. The highest BCUT2D eigenvalue weighted by Crippen LogP contribution is 2.38. The molecule has 190 valence electrons. The number of nitrogens with two attached hydrogens (primary N) is 3. The van der Waals surface area contributed by atoms with Gasteiger partial charge >= 0.3 is 5.97 Å². The molecule has 8 N–H and O–H groups in total. The highest BCUT2D eigenvalue weighted by atomic mass is 16.4. The van der Waals surface area contributed by atoms with E-state index in [2.05, 4.69) is 0 Å². The average molecular weight is 492 g/mol. The Morgan fingerprint density at radius 3 is 2.28 bits per heavy atom. The molecule has 1 aliphatic rings. The first-order valence-electron chi connectivity index (χ1n) is 11.9. The molecule has 3 unspecified atom stereocenters. The van der Waals surface area contributed by atoms with E-state index >= 15 is 0 Å². The third-order valence-corrected chi connectivity index (χ3v) is 7.66. The quantitative estimate of drug-likeness (QED) is 0.246. The van der Waals surface area contributed by atoms with Crippen LogP contribution in [0.3, 0.4) is 0 Å². The van der Waals surface area contributed by atoms with Gasteiger partial charge in [0.1, 0.15) is 17.2 Å². The van der Waals surface area contributed by atoms with E-state index in [4.69, 9.17) is 27.6 Å². The van der Waals surface area contributed by atoms with Crippen LogP contribution < -0.4 is 17.2 Å². The molecule has 1 fully saturated rings. The number of aliphatic carboxylic acids is 1. The number of hydrogen-bond acceptors (Lipinski definition) is 6. The number of nitrogen functional groups attached to an aromatic ring is 1. The highest BCUT2D eigenvalue weighted by molar-refractivity contribution is 5.98. The number of benzene rings is 2. The van der Waals surface area contributed by atoms with Crippen molar-refractivity contribution < 1.29 is 14.7 Å². The number of fused-ring (bicyclic) bond motifs is 1. The van der Waals surface area contributed by atoms with Gasteiger partial charge in [0.15, 0.2) is 0 Å². The monoisotopic (exact) mass is 491 g/mol. The molecule has 2 aromatic carbocycles. The lowest BCUT2D eigenvalue weighted by Crippen LogP contribution is -2.66. The van der Waals surface area contributed by atoms with Crippen LogP contribution in [-0.4, -0.2) is 55.9 Å². The van der Waals surface area contributed by atoms with Crippen molar-refractivity contribution in [3.63, 3.8) is 0 Å². The second kappa shape index (κ2) is 9.03. The summed E-state index contributed by atoms with van der Waals surface area (Å²) in [7, 11) is 1.85. The Hall–Kier alpha value is -3.76. The molecule has 3 atom stereocenters. The van der Waals surface area contributed by atoms with Crippen molar-refractivity contribution in [1.29, 1.82) is 5.41 Å². The maximum Gasteiger partial charge on any atom is 0.324 e. The second-order valence-corrected chi connectivity index (χ2v) is 9.88. The molecule has 0 aliphatic carbocycles. The van der Waals surface area contributed by atoms with E-state index in [-0.39, 0.29) is 11.7 Å². The van der Waals surface area contributed by atoms with E-state index in [9.17, 15) is 14.7 Å². The number of nitrogens with one attached hydrogen (secondary N) is 1. The Balaban J connectivity index is 1.79. The summed E-state index contributed by atoms with van der Waals surface area (Å²) in [6, 6.07) is 11.9. The van der Waals surface area contributed by atoms with Gasteiger partial charge in [-0.05, 0) is 49.9 Å². The molecule has 10 nitrogen and oxygen atoms in total. The lowest BCUT2D eigenvalue weighted by Gasteiger charge is -2.42. The van der Waals surface area contributed by atoms with Crippen LogP contribution in [0.15, 0.2) is 42.5 Å². The fourth-order valence-corrected chi connectivity index (χ4v) is 4.92. The Morgan fingerprint density at radius 2 is 1.72 bits per heavy atom. The Morgan fingerprint density at radius 1 is 1.11 bits per heavy atom. The number of hydrogen-bond donors (Lipinski definition) is 5. The molecule has 36 heavy (non-hydrogen) atoms. The molecular weight excluding hydrogens is 458 g/mol. The summed E-state index contributed by atoms with van der Waals surface area (Å²) >= 11 is 0. The van der Waals surface area contributed by atoms with Crippen molar-refractivity contribution >= 4 is 28.7 Å². The Labute approximate surface area is 209 Å². The SMILES string of the molecule is Cn1c(C(N)c2ccc(C(=N)N)cc2)nc2cc(C(C)(C(=O)N3CCCC3)C(C)(N)C(=O)O)ccc21. The summed E-state index contributed by atoms with van der Waals surface area (Å²) in [5.41, 5.74) is 18.3. The van der Waals surface area contributed by atoms with Crippen LogP contribution in [0.1, 0.15) is 55.2 Å². The lowest BCUT2D eigenvalue weighted by atomic mass is 9.66. The van der Waals surface area contributed by atoms with Gasteiger partial charge < -0.3 is 31.8 Å². The van der Waals surface area contributed by atoms with Crippen LogP contribution >= 0.6 is 0 Å². The van der Waals surface area contributed by atoms with Crippen molar-refractivity contribution in [3.05, 3.63) is 65.0 Å². The van der Waals surface area contributed by atoms with Crippen molar-refractivity contribution in [2.75, 3.05) is 13.1 Å². The molecular formula is C26H33N7O3. The van der Waals surface area contributed by atoms with Crippen molar-refractivity contribution in [2.45, 2.75) is 43.7 Å². The number of aromatic nitrogens is 2. The Bertz CT molecular complexity index is 1340. The van der Waals surface area contributed by atoms with Gasteiger partial charge in [-0.3, -0.25) is 15.0 Å². The molecule has 3 aromatic rings. The highest BCUT2D eigenvalue weighted by Gasteiger charge is 2.55. The van der Waals surface area contributed by atoms with E-state index in [0.29, 0.717) is 35.6 Å². The third kappa shape index (κ3) is 3.92. The van der Waals surface area contributed by atoms with Gasteiger partial charge in [0.2, 0.25) is 5.91 Å². The standard InChI is InChI=1S/C26H33N7O3/c1-25(26(2,30)24(35)36,23(34)33-12-4-5-13-33)17-10-11-19-18(14-17)31-22(32(19)3)20(27)15-6-8-16(9-7-15)21(28)29/h6-11,14,20H,4-5,12-13,27,30H2,1-3H3,(H3,28,29)(H,35,36). The molecule has 10 heteroatoms. The molecule has 1 saturated heterocycles. The predicted octanol–water partition coefficient (Wildman–Crippen LogP) is 1.59. The molecule has 1 amide bonds. The summed E-state index contributed by atoms with van der Waals surface area (Å²) in [6.45, 7) is 4.15. The van der Waals surface area contributed by atoms with Gasteiger partial charge in [0, 0.05) is 25.7 Å². The number of carboxylic acid groups (broad SMARTS) is 1. The predicted molar refractivity (Wildman–Crippen MR) is 138 cm³/mol. The maximum absolute atomic E-state index is 13.7. The number of carbonyl (C=O) groups excluding carboxylic acids is 1. The van der Waals surface area contributed by atoms with Gasteiger partial charge in [-0.15, -0.1) is 0 Å². The zero-order valence-corrected chi connectivity index (χ0v) is 20.8. The van der Waals surface area contributed by atoms with Crippen LogP contribution in [0.4, 0.5) is 0 Å². The summed E-state index contributed by atoms with van der Waals surface area (Å²) in [5.74, 6) is -0.982. The third-order valence-electron chi connectivity index (χ3n) is 7.66. The number of likely N-dealkylation sites (tertiary alicyclic amines) is 1. The topological polar surface area (TPSA) is 177 Å². The maximum atomic E-state index is 13.7. The van der Waals surface area contributed by atoms with Crippen molar-refractivity contribution in [2.24, 2.45) is 24.2 Å². The Kier molecular flexibility index (Phi) is 6.36. The fraction of sp³-hybridized carbons (Fsp3) is 0.385. The average Bonchev–Trinajstić information content (AvgIpc) is 3.50. The number of imidazole rings is 1. The fourth-order valence-electron chi connectivity index (χ4n) is 4.92. The first-order chi connectivity index (χ1) is 16.9. The first-order valence-corrected chi connectivity index (χ1v) is 11.9. The molecule has 1 aromatic heterocycles. The number of carbonyl (C=O) groups is 2. The molecule has 0 spiro atoms. The second-order valence-electron chi connectivity index (χ2n) is 9.88. The van der Waals surface area contributed by atoms with Gasteiger partial charge in [-0.2, -0.15) is 0 Å². The molecule has 0 bridgehead atoms. The van der Waals surface area contributed by atoms with E-state index in [1.807, 2.05) is 29.8 Å². The van der Waals surface area contributed by atoms with Crippen LogP contribution in [0.25, 0.3) is 11.0 Å². The van der Waals surface area contributed by atoms with Crippen LogP contribution in [0.5, 0.6) is 0 Å². The normalized spacial score (nSPS) is 18.0. The zero-order chi connectivity index (χ0) is 26.4. The molecule has 1 aliphatic heterocycles. The zero-order valence-electron chi connectivity index (χ0n) is 20.8. The largest absolute Gasteiger partial charge is 0.480 e. The summed E-state index contributed by atoms with van der Waals surface area (Å²) in [4.78, 5) is 32.4.